The van der Waals surface area contributed by atoms with E-state index in [2.05, 4.69) is 22.1 Å². The number of allylic oxidation sites excluding steroid dienone is 1. The second-order valence-corrected chi connectivity index (χ2v) is 8.94. The van der Waals surface area contributed by atoms with Crippen LogP contribution in [0.5, 0.6) is 5.75 Å². The Bertz CT molecular complexity index is 1130. The molecular weight excluding hydrogens is 444 g/mol. The Morgan fingerprint density at radius 2 is 2.00 bits per heavy atom. The number of carbonyl (C=O) groups excluding carboxylic acids is 1. The molecule has 3 aromatic rings. The maximum absolute atomic E-state index is 12.5. The lowest BCUT2D eigenvalue weighted by molar-refractivity contribution is -0.113. The summed E-state index contributed by atoms with van der Waals surface area (Å²) in [5, 5.41) is 12.9. The molecule has 0 bridgehead atoms. The zero-order chi connectivity index (χ0) is 23.3. The van der Waals surface area contributed by atoms with Crippen LogP contribution in [0, 0.1) is 20.8 Å². The van der Waals surface area contributed by atoms with E-state index in [1.807, 2.05) is 62.6 Å². The van der Waals surface area contributed by atoms with Crippen molar-refractivity contribution in [2.45, 2.75) is 45.5 Å². The number of ether oxygens (including phenoxy) is 1. The molecule has 8 heteroatoms. The highest BCUT2D eigenvalue weighted by atomic mass is 35.5. The minimum Gasteiger partial charge on any atom is -0.482 e. The molecule has 1 heterocycles. The number of nitrogens with zero attached hydrogens (tertiary/aromatic N) is 3. The molecule has 0 aliphatic carbocycles. The van der Waals surface area contributed by atoms with E-state index >= 15 is 0 Å². The SMILES string of the molecule is C=CCn1c(SCC(=O)Nc2cc(C)ccc2C)nnc1C(C)Oc1ccc(Cl)cc1C. The Morgan fingerprint density at radius 1 is 1.22 bits per heavy atom. The van der Waals surface area contributed by atoms with E-state index in [4.69, 9.17) is 16.3 Å². The third kappa shape index (κ3) is 5.93. The van der Waals surface area contributed by atoms with Crippen LogP contribution in [-0.2, 0) is 11.3 Å². The van der Waals surface area contributed by atoms with Crippen LogP contribution in [0.1, 0.15) is 35.5 Å². The number of hydrogen-bond donors (Lipinski definition) is 1. The predicted molar refractivity (Wildman–Crippen MR) is 131 cm³/mol. The number of rotatable bonds is 9. The third-order valence-corrected chi connectivity index (χ3v) is 6.06. The zero-order valence-electron chi connectivity index (χ0n) is 18.7. The van der Waals surface area contributed by atoms with Crippen LogP contribution in [0.25, 0.3) is 0 Å². The van der Waals surface area contributed by atoms with Crippen molar-refractivity contribution >= 4 is 35.0 Å². The van der Waals surface area contributed by atoms with Crippen molar-refractivity contribution in [1.82, 2.24) is 14.8 Å². The number of nitrogens with one attached hydrogen (secondary N) is 1. The summed E-state index contributed by atoms with van der Waals surface area (Å²) < 4.78 is 8.03. The van der Waals surface area contributed by atoms with E-state index in [-0.39, 0.29) is 17.8 Å². The van der Waals surface area contributed by atoms with Crippen molar-refractivity contribution in [3.63, 3.8) is 0 Å². The molecule has 168 valence electrons. The molecule has 0 aliphatic heterocycles. The Kier molecular flexibility index (Phi) is 7.99. The molecule has 6 nitrogen and oxygen atoms in total. The standard InChI is InChI=1S/C24H27ClN4O2S/c1-6-11-29-23(18(5)31-21-10-9-19(25)13-17(21)4)27-28-24(29)32-14-22(30)26-20-12-15(2)7-8-16(20)3/h6-10,12-13,18H,1,11,14H2,2-5H3,(H,26,30). The summed E-state index contributed by atoms with van der Waals surface area (Å²) in [7, 11) is 0. The smallest absolute Gasteiger partial charge is 0.234 e. The third-order valence-electron chi connectivity index (χ3n) is 4.86. The molecule has 0 spiro atoms. The minimum atomic E-state index is -0.347. The quantitative estimate of drug-likeness (QED) is 0.311. The van der Waals surface area contributed by atoms with Gasteiger partial charge in [-0.05, 0) is 68.7 Å². The number of thioether (sulfide) groups is 1. The maximum Gasteiger partial charge on any atom is 0.234 e. The Labute approximate surface area is 198 Å². The topological polar surface area (TPSA) is 69.0 Å². The fourth-order valence-electron chi connectivity index (χ4n) is 3.18. The Morgan fingerprint density at radius 3 is 2.72 bits per heavy atom. The Hall–Kier alpha value is -2.77. The number of benzene rings is 2. The van der Waals surface area contributed by atoms with Crippen LogP contribution in [0.2, 0.25) is 5.02 Å². The van der Waals surface area contributed by atoms with Gasteiger partial charge in [0.15, 0.2) is 17.1 Å². The van der Waals surface area contributed by atoms with Crippen LogP contribution in [0.3, 0.4) is 0 Å². The molecular formula is C24H27ClN4O2S. The van der Waals surface area contributed by atoms with Gasteiger partial charge in [0.1, 0.15) is 5.75 Å². The molecule has 2 aromatic carbocycles. The summed E-state index contributed by atoms with van der Waals surface area (Å²) in [6.45, 7) is 12.2. The van der Waals surface area contributed by atoms with Gasteiger partial charge in [0.05, 0.1) is 5.75 Å². The molecule has 0 saturated heterocycles. The first kappa shape index (κ1) is 23.9. The number of halogens is 1. The molecule has 32 heavy (non-hydrogen) atoms. The normalized spacial score (nSPS) is 11.8. The number of aromatic nitrogens is 3. The number of hydrogen-bond acceptors (Lipinski definition) is 5. The van der Waals surface area contributed by atoms with Gasteiger partial charge >= 0.3 is 0 Å². The second kappa shape index (κ2) is 10.7. The van der Waals surface area contributed by atoms with Crippen molar-refractivity contribution in [2.75, 3.05) is 11.1 Å². The van der Waals surface area contributed by atoms with Gasteiger partial charge in [-0.2, -0.15) is 0 Å². The second-order valence-electron chi connectivity index (χ2n) is 7.57. The van der Waals surface area contributed by atoms with Crippen LogP contribution in [-0.4, -0.2) is 26.4 Å². The van der Waals surface area contributed by atoms with Crippen molar-refractivity contribution in [3.05, 3.63) is 76.6 Å². The largest absolute Gasteiger partial charge is 0.482 e. The lowest BCUT2D eigenvalue weighted by atomic mass is 10.1. The molecule has 1 unspecified atom stereocenters. The number of amides is 1. The first-order chi connectivity index (χ1) is 15.3. The van der Waals surface area contributed by atoms with Gasteiger partial charge in [-0.3, -0.25) is 9.36 Å². The first-order valence-corrected chi connectivity index (χ1v) is 11.6. The molecule has 0 aliphatic rings. The molecule has 1 aromatic heterocycles. The maximum atomic E-state index is 12.5. The monoisotopic (exact) mass is 470 g/mol. The van der Waals surface area contributed by atoms with E-state index in [1.165, 1.54) is 11.8 Å². The highest BCUT2D eigenvalue weighted by Gasteiger charge is 2.20. The van der Waals surface area contributed by atoms with Crippen LogP contribution < -0.4 is 10.1 Å². The lowest BCUT2D eigenvalue weighted by Gasteiger charge is -2.17. The van der Waals surface area contributed by atoms with Gasteiger partial charge in [0.2, 0.25) is 5.91 Å². The van der Waals surface area contributed by atoms with Crippen molar-refractivity contribution < 1.29 is 9.53 Å². The van der Waals surface area contributed by atoms with E-state index in [1.54, 1.807) is 12.1 Å². The highest BCUT2D eigenvalue weighted by Crippen LogP contribution is 2.28. The molecule has 0 radical (unpaired) electrons. The van der Waals surface area contributed by atoms with E-state index in [0.29, 0.717) is 22.5 Å². The number of aryl methyl sites for hydroxylation is 3. The summed E-state index contributed by atoms with van der Waals surface area (Å²) in [6, 6.07) is 11.5. The van der Waals surface area contributed by atoms with Crippen LogP contribution >= 0.6 is 23.4 Å². The number of anilines is 1. The van der Waals surface area contributed by atoms with Crippen molar-refractivity contribution in [3.8, 4) is 5.75 Å². The molecule has 0 fully saturated rings. The Balaban J connectivity index is 1.70. The summed E-state index contributed by atoms with van der Waals surface area (Å²) in [6.07, 6.45) is 1.42. The lowest BCUT2D eigenvalue weighted by Crippen LogP contribution is -2.16. The highest BCUT2D eigenvalue weighted by molar-refractivity contribution is 7.99. The molecule has 3 rings (SSSR count). The van der Waals surface area contributed by atoms with Crippen molar-refractivity contribution in [1.29, 1.82) is 0 Å². The van der Waals surface area contributed by atoms with Crippen LogP contribution in [0.4, 0.5) is 5.69 Å². The average Bonchev–Trinajstić information content (AvgIpc) is 3.14. The van der Waals surface area contributed by atoms with E-state index < -0.39 is 0 Å². The fourth-order valence-corrected chi connectivity index (χ4v) is 4.16. The summed E-state index contributed by atoms with van der Waals surface area (Å²) >= 11 is 7.37. The summed E-state index contributed by atoms with van der Waals surface area (Å²) in [5.41, 5.74) is 3.88. The van der Waals surface area contributed by atoms with Gasteiger partial charge in [0, 0.05) is 17.3 Å². The van der Waals surface area contributed by atoms with Gasteiger partial charge in [0.25, 0.3) is 0 Å². The van der Waals surface area contributed by atoms with Crippen LogP contribution in [0.15, 0.2) is 54.2 Å². The molecule has 0 saturated carbocycles. The van der Waals surface area contributed by atoms with E-state index in [9.17, 15) is 4.79 Å². The van der Waals surface area contributed by atoms with Crippen molar-refractivity contribution in [2.24, 2.45) is 0 Å². The average molecular weight is 471 g/mol. The molecule has 1 amide bonds. The fraction of sp³-hybridized carbons (Fsp3) is 0.292. The van der Waals surface area contributed by atoms with Gasteiger partial charge < -0.3 is 10.1 Å². The zero-order valence-corrected chi connectivity index (χ0v) is 20.3. The first-order valence-electron chi connectivity index (χ1n) is 10.2. The summed E-state index contributed by atoms with van der Waals surface area (Å²) in [4.78, 5) is 12.5. The number of carbonyl (C=O) groups is 1. The van der Waals surface area contributed by atoms with Gasteiger partial charge in [-0.25, -0.2) is 0 Å². The predicted octanol–water partition coefficient (Wildman–Crippen LogP) is 5.91. The molecule has 1 atom stereocenters. The van der Waals surface area contributed by atoms with Gasteiger partial charge in [-0.15, -0.1) is 16.8 Å². The van der Waals surface area contributed by atoms with E-state index in [0.717, 1.165) is 28.1 Å². The molecule has 1 N–H and O–H groups in total. The minimum absolute atomic E-state index is 0.0977. The van der Waals surface area contributed by atoms with Gasteiger partial charge in [-0.1, -0.05) is 41.6 Å². The summed E-state index contributed by atoms with van der Waals surface area (Å²) in [5.74, 6) is 1.52.